The molecule has 7 heteroatoms. The van der Waals surface area contributed by atoms with E-state index in [4.69, 9.17) is 11.6 Å². The first-order chi connectivity index (χ1) is 10.7. The fourth-order valence-electron chi connectivity index (χ4n) is 2.83. The smallest absolute Gasteiger partial charge is 0.253 e. The van der Waals surface area contributed by atoms with E-state index < -0.39 is 10.0 Å². The van der Waals surface area contributed by atoms with Gasteiger partial charge in [-0.2, -0.15) is 0 Å². The zero-order valence-electron chi connectivity index (χ0n) is 13.7. The second-order valence-corrected chi connectivity index (χ2v) is 8.83. The predicted molar refractivity (Wildman–Crippen MR) is 91.2 cm³/mol. The molecule has 2 atom stereocenters. The van der Waals surface area contributed by atoms with Crippen molar-refractivity contribution in [1.82, 2.24) is 9.62 Å². The van der Waals surface area contributed by atoms with Crippen molar-refractivity contribution in [2.45, 2.75) is 43.5 Å². The van der Waals surface area contributed by atoms with E-state index in [9.17, 15) is 13.2 Å². The molecular formula is C16H23ClN2O3S. The molecular weight excluding hydrogens is 336 g/mol. The van der Waals surface area contributed by atoms with Crippen molar-refractivity contribution in [3.8, 4) is 0 Å². The van der Waals surface area contributed by atoms with Crippen LogP contribution in [0, 0.1) is 5.92 Å². The summed E-state index contributed by atoms with van der Waals surface area (Å²) in [6, 6.07) is 4.33. The lowest BCUT2D eigenvalue weighted by Crippen LogP contribution is -2.41. The number of carbonyl (C=O) groups excluding carboxylic acids is 1. The minimum atomic E-state index is -3.60. The number of nitrogens with one attached hydrogen (secondary N) is 1. The Morgan fingerprint density at radius 2 is 1.91 bits per heavy atom. The Balaban J connectivity index is 2.26. The summed E-state index contributed by atoms with van der Waals surface area (Å²) in [5, 5.41) is 3.26. The minimum Gasteiger partial charge on any atom is -0.349 e. The molecule has 1 aliphatic rings. The second-order valence-electron chi connectivity index (χ2n) is 6.27. The SMILES string of the molecule is C[C@@H]1CCCC[C@H]1NC(=O)c1cc(S(=O)(=O)N(C)C)ccc1Cl. The van der Waals surface area contributed by atoms with Gasteiger partial charge in [0.05, 0.1) is 15.5 Å². The van der Waals surface area contributed by atoms with E-state index in [1.807, 2.05) is 0 Å². The highest BCUT2D eigenvalue weighted by molar-refractivity contribution is 7.89. The Kier molecular flexibility index (Phi) is 5.70. The molecule has 1 N–H and O–H groups in total. The van der Waals surface area contributed by atoms with Crippen LogP contribution in [0.4, 0.5) is 0 Å². The molecule has 0 bridgehead atoms. The van der Waals surface area contributed by atoms with E-state index in [0.29, 0.717) is 5.92 Å². The number of nitrogens with zero attached hydrogens (tertiary/aromatic N) is 1. The number of amides is 1. The van der Waals surface area contributed by atoms with Crippen molar-refractivity contribution in [3.05, 3.63) is 28.8 Å². The Morgan fingerprint density at radius 3 is 2.52 bits per heavy atom. The molecule has 0 aliphatic heterocycles. The number of hydrogen-bond donors (Lipinski definition) is 1. The van der Waals surface area contributed by atoms with E-state index in [-0.39, 0.29) is 27.4 Å². The molecule has 0 unspecified atom stereocenters. The Labute approximate surface area is 143 Å². The highest BCUT2D eigenvalue weighted by Gasteiger charge is 2.25. The van der Waals surface area contributed by atoms with Crippen LogP contribution in [0.5, 0.6) is 0 Å². The number of halogens is 1. The van der Waals surface area contributed by atoms with Gasteiger partial charge in [-0.3, -0.25) is 4.79 Å². The molecule has 1 aliphatic carbocycles. The molecule has 0 radical (unpaired) electrons. The molecule has 1 amide bonds. The molecule has 2 rings (SSSR count). The van der Waals surface area contributed by atoms with Gasteiger partial charge >= 0.3 is 0 Å². The van der Waals surface area contributed by atoms with Crippen LogP contribution in [0.15, 0.2) is 23.1 Å². The Morgan fingerprint density at radius 1 is 1.26 bits per heavy atom. The third kappa shape index (κ3) is 4.05. The lowest BCUT2D eigenvalue weighted by atomic mass is 9.86. The number of sulfonamides is 1. The van der Waals surface area contributed by atoms with Crippen molar-refractivity contribution >= 4 is 27.5 Å². The first-order valence-electron chi connectivity index (χ1n) is 7.76. The average Bonchev–Trinajstić information content (AvgIpc) is 2.49. The fourth-order valence-corrected chi connectivity index (χ4v) is 3.96. The number of hydrogen-bond acceptors (Lipinski definition) is 3. The maximum atomic E-state index is 12.5. The van der Waals surface area contributed by atoms with Crippen molar-refractivity contribution in [3.63, 3.8) is 0 Å². The highest BCUT2D eigenvalue weighted by atomic mass is 35.5. The number of rotatable bonds is 4. The minimum absolute atomic E-state index is 0.0637. The van der Waals surface area contributed by atoms with Crippen molar-refractivity contribution in [2.75, 3.05) is 14.1 Å². The normalized spacial score (nSPS) is 22.1. The summed E-state index contributed by atoms with van der Waals surface area (Å²) in [6.07, 6.45) is 4.32. The molecule has 1 aromatic rings. The van der Waals surface area contributed by atoms with Gasteiger partial charge in [-0.25, -0.2) is 12.7 Å². The molecule has 0 spiro atoms. The van der Waals surface area contributed by atoms with Crippen LogP contribution < -0.4 is 5.32 Å². The van der Waals surface area contributed by atoms with Gasteiger partial charge in [0.15, 0.2) is 0 Å². The van der Waals surface area contributed by atoms with Gasteiger partial charge in [-0.15, -0.1) is 0 Å². The maximum absolute atomic E-state index is 12.5. The van der Waals surface area contributed by atoms with Crippen molar-refractivity contribution in [1.29, 1.82) is 0 Å². The van der Waals surface area contributed by atoms with Gasteiger partial charge in [-0.05, 0) is 37.0 Å². The average molecular weight is 359 g/mol. The molecule has 0 aromatic heterocycles. The van der Waals surface area contributed by atoms with E-state index in [1.54, 1.807) is 0 Å². The zero-order chi connectivity index (χ0) is 17.2. The fraction of sp³-hybridized carbons (Fsp3) is 0.562. The molecule has 1 aromatic carbocycles. The van der Waals surface area contributed by atoms with Gasteiger partial charge < -0.3 is 5.32 Å². The summed E-state index contributed by atoms with van der Waals surface area (Å²) in [6.45, 7) is 2.12. The standard InChI is InChI=1S/C16H23ClN2O3S/c1-11-6-4-5-7-15(11)18-16(20)13-10-12(8-9-14(13)17)23(21,22)19(2)3/h8-11,15H,4-7H2,1-3H3,(H,18,20)/t11-,15-/m1/s1. The van der Waals surface area contributed by atoms with Gasteiger partial charge in [0, 0.05) is 20.1 Å². The summed E-state index contributed by atoms with van der Waals surface area (Å²) in [7, 11) is -0.695. The summed E-state index contributed by atoms with van der Waals surface area (Å²) < 4.78 is 25.5. The van der Waals surface area contributed by atoms with E-state index in [2.05, 4.69) is 12.2 Å². The summed E-state index contributed by atoms with van der Waals surface area (Å²) in [5.41, 5.74) is 0.201. The molecule has 0 heterocycles. The third-order valence-electron chi connectivity index (χ3n) is 4.39. The van der Waals surface area contributed by atoms with Crippen LogP contribution >= 0.6 is 11.6 Å². The Hall–Kier alpha value is -1.11. The van der Waals surface area contributed by atoms with Crippen LogP contribution in [-0.4, -0.2) is 38.8 Å². The summed E-state index contributed by atoms with van der Waals surface area (Å²) in [5.74, 6) is 0.102. The molecule has 1 fully saturated rings. The molecule has 128 valence electrons. The lowest BCUT2D eigenvalue weighted by Gasteiger charge is -2.29. The van der Waals surface area contributed by atoms with Crippen LogP contribution in [0.25, 0.3) is 0 Å². The van der Waals surface area contributed by atoms with Gasteiger partial charge in [0.1, 0.15) is 0 Å². The van der Waals surface area contributed by atoms with Crippen LogP contribution in [0.3, 0.4) is 0 Å². The van der Waals surface area contributed by atoms with Crippen molar-refractivity contribution in [2.24, 2.45) is 5.92 Å². The first kappa shape index (κ1) is 18.2. The number of carbonyl (C=O) groups is 1. The molecule has 0 saturated heterocycles. The summed E-state index contributed by atoms with van der Waals surface area (Å²) in [4.78, 5) is 12.6. The second kappa shape index (κ2) is 7.20. The lowest BCUT2D eigenvalue weighted by molar-refractivity contribution is 0.0910. The quantitative estimate of drug-likeness (QED) is 0.899. The maximum Gasteiger partial charge on any atom is 0.253 e. The van der Waals surface area contributed by atoms with Crippen LogP contribution in [-0.2, 0) is 10.0 Å². The van der Waals surface area contributed by atoms with E-state index in [1.165, 1.54) is 38.7 Å². The topological polar surface area (TPSA) is 66.5 Å². The zero-order valence-corrected chi connectivity index (χ0v) is 15.2. The highest BCUT2D eigenvalue weighted by Crippen LogP contribution is 2.26. The molecule has 5 nitrogen and oxygen atoms in total. The van der Waals surface area contributed by atoms with Gasteiger partial charge in [0.25, 0.3) is 5.91 Å². The van der Waals surface area contributed by atoms with Gasteiger partial charge in [0.2, 0.25) is 10.0 Å². The predicted octanol–water partition coefficient (Wildman–Crippen LogP) is 2.90. The van der Waals surface area contributed by atoms with Crippen LogP contribution in [0.1, 0.15) is 43.0 Å². The van der Waals surface area contributed by atoms with Gasteiger partial charge in [-0.1, -0.05) is 31.4 Å². The molecule has 1 saturated carbocycles. The van der Waals surface area contributed by atoms with E-state index in [0.717, 1.165) is 23.6 Å². The Bertz CT molecular complexity index is 689. The third-order valence-corrected chi connectivity index (χ3v) is 6.53. The monoisotopic (exact) mass is 358 g/mol. The number of benzene rings is 1. The van der Waals surface area contributed by atoms with Crippen molar-refractivity contribution < 1.29 is 13.2 Å². The van der Waals surface area contributed by atoms with E-state index >= 15 is 0 Å². The molecule has 23 heavy (non-hydrogen) atoms. The first-order valence-corrected chi connectivity index (χ1v) is 9.58. The largest absolute Gasteiger partial charge is 0.349 e. The summed E-state index contributed by atoms with van der Waals surface area (Å²) >= 11 is 6.11. The van der Waals surface area contributed by atoms with Crippen LogP contribution in [0.2, 0.25) is 5.02 Å².